The van der Waals surface area contributed by atoms with Crippen LogP contribution >= 0.6 is 0 Å². The summed E-state index contributed by atoms with van der Waals surface area (Å²) in [5.41, 5.74) is 12.6. The summed E-state index contributed by atoms with van der Waals surface area (Å²) in [7, 11) is 0. The van der Waals surface area contributed by atoms with Crippen molar-refractivity contribution >= 4 is 22.9 Å². The van der Waals surface area contributed by atoms with Crippen molar-refractivity contribution in [1.82, 2.24) is 29.3 Å². The Hall–Kier alpha value is -4.82. The zero-order chi connectivity index (χ0) is 27.6. The van der Waals surface area contributed by atoms with Crippen LogP contribution in [-0.4, -0.2) is 60.9 Å². The molecular weight excluding hydrogens is 498 g/mol. The zero-order valence-corrected chi connectivity index (χ0v) is 22.4. The predicted molar refractivity (Wildman–Crippen MR) is 159 cm³/mol. The van der Waals surface area contributed by atoms with Crippen molar-refractivity contribution < 1.29 is 4.79 Å². The lowest BCUT2D eigenvalue weighted by Gasteiger charge is -2.39. The maximum atomic E-state index is 12.1. The molecule has 3 aromatic heterocycles. The highest BCUT2D eigenvalue weighted by molar-refractivity contribution is 5.87. The Morgan fingerprint density at radius 2 is 1.80 bits per heavy atom. The molecule has 4 heterocycles. The van der Waals surface area contributed by atoms with Crippen LogP contribution in [0.5, 0.6) is 0 Å². The minimum Gasteiger partial charge on any atom is -0.383 e. The minimum atomic E-state index is -0.00171. The lowest BCUT2D eigenvalue weighted by molar-refractivity contribution is -0.130. The highest BCUT2D eigenvalue weighted by Crippen LogP contribution is 2.32. The summed E-state index contributed by atoms with van der Waals surface area (Å²) in [5, 5.41) is 0. The van der Waals surface area contributed by atoms with E-state index in [0.717, 1.165) is 53.3 Å². The molecule has 8 heteroatoms. The minimum absolute atomic E-state index is 0.00171. The molecule has 40 heavy (non-hydrogen) atoms. The Kier molecular flexibility index (Phi) is 6.84. The maximum absolute atomic E-state index is 12.1. The van der Waals surface area contributed by atoms with Crippen LogP contribution in [-0.2, 0) is 11.3 Å². The molecule has 0 bridgehead atoms. The first kappa shape index (κ1) is 25.5. The zero-order valence-electron chi connectivity index (χ0n) is 22.4. The van der Waals surface area contributed by atoms with E-state index in [0.29, 0.717) is 18.2 Å². The second-order valence-electron chi connectivity index (χ2n) is 10.1. The van der Waals surface area contributed by atoms with E-state index in [4.69, 9.17) is 15.7 Å². The van der Waals surface area contributed by atoms with Crippen molar-refractivity contribution in [3.8, 4) is 28.3 Å². The van der Waals surface area contributed by atoms with Crippen LogP contribution in [0.4, 0.5) is 5.82 Å². The highest BCUT2D eigenvalue weighted by Gasteiger charge is 2.26. The van der Waals surface area contributed by atoms with Crippen molar-refractivity contribution in [2.24, 2.45) is 0 Å². The summed E-state index contributed by atoms with van der Waals surface area (Å²) in [6.45, 7) is 8.88. The number of aromatic nitrogens is 4. The second kappa shape index (κ2) is 10.7. The van der Waals surface area contributed by atoms with Crippen LogP contribution in [0.1, 0.15) is 12.5 Å². The molecule has 1 aliphatic heterocycles. The van der Waals surface area contributed by atoms with Crippen LogP contribution in [0.25, 0.3) is 39.5 Å². The summed E-state index contributed by atoms with van der Waals surface area (Å²) in [4.78, 5) is 30.7. The summed E-state index contributed by atoms with van der Waals surface area (Å²) in [6.07, 6.45) is 3.08. The number of anilines is 1. The lowest BCUT2D eigenvalue weighted by atomic mass is 10.1. The van der Waals surface area contributed by atoms with Gasteiger partial charge in [0.05, 0.1) is 11.3 Å². The van der Waals surface area contributed by atoms with Gasteiger partial charge in [-0.1, -0.05) is 49.0 Å². The molecule has 1 atom stereocenters. The standard InChI is InChI=1S/C32H31N7O/c1-3-29(40)38-19-18-37(20-22(38)2)21-23-11-13-25(14-12-23)39-31(26-10-7-17-34-30(26)33)36-28-16-15-27(35-32(28)39)24-8-5-4-6-9-24/h3-17,22H,1,18-21H2,2H3,(H2,33,34)/t22-/m0/s1. The van der Waals surface area contributed by atoms with Gasteiger partial charge in [0.2, 0.25) is 5.91 Å². The Morgan fingerprint density at radius 3 is 2.52 bits per heavy atom. The van der Waals surface area contributed by atoms with Crippen molar-refractivity contribution in [1.29, 1.82) is 0 Å². The molecule has 0 aliphatic carbocycles. The number of nitrogens with two attached hydrogens (primary N) is 1. The molecule has 1 fully saturated rings. The topological polar surface area (TPSA) is 93.2 Å². The number of amides is 1. The molecule has 0 spiro atoms. The van der Waals surface area contributed by atoms with Gasteiger partial charge in [-0.2, -0.15) is 0 Å². The van der Waals surface area contributed by atoms with Crippen LogP contribution in [0.15, 0.2) is 97.7 Å². The first-order valence-corrected chi connectivity index (χ1v) is 13.4. The third-order valence-electron chi connectivity index (χ3n) is 7.42. The van der Waals surface area contributed by atoms with E-state index in [1.165, 1.54) is 11.6 Å². The number of hydrogen-bond donors (Lipinski definition) is 1. The fourth-order valence-electron chi connectivity index (χ4n) is 5.39. The molecule has 5 aromatic rings. The third-order valence-corrected chi connectivity index (χ3v) is 7.42. The van der Waals surface area contributed by atoms with Gasteiger partial charge in [0.15, 0.2) is 11.5 Å². The van der Waals surface area contributed by atoms with Gasteiger partial charge in [-0.3, -0.25) is 14.3 Å². The molecule has 0 unspecified atom stereocenters. The fraction of sp³-hybridized carbons (Fsp3) is 0.188. The number of carbonyl (C=O) groups is 1. The molecule has 1 amide bonds. The van der Waals surface area contributed by atoms with E-state index >= 15 is 0 Å². The molecule has 8 nitrogen and oxygen atoms in total. The Balaban J connectivity index is 1.35. The highest BCUT2D eigenvalue weighted by atomic mass is 16.2. The van der Waals surface area contributed by atoms with Gasteiger partial charge in [-0.25, -0.2) is 15.0 Å². The van der Waals surface area contributed by atoms with Crippen molar-refractivity contribution in [2.45, 2.75) is 19.5 Å². The Labute approximate surface area is 233 Å². The Bertz CT molecular complexity index is 1680. The molecule has 6 rings (SSSR count). The van der Waals surface area contributed by atoms with Crippen LogP contribution in [0.2, 0.25) is 0 Å². The van der Waals surface area contributed by atoms with Gasteiger partial charge in [-0.05, 0) is 55.0 Å². The normalized spacial score (nSPS) is 15.8. The first-order chi connectivity index (χ1) is 19.5. The number of hydrogen-bond acceptors (Lipinski definition) is 6. The van der Waals surface area contributed by atoms with E-state index in [9.17, 15) is 4.79 Å². The smallest absolute Gasteiger partial charge is 0.246 e. The summed E-state index contributed by atoms with van der Waals surface area (Å²) >= 11 is 0. The van der Waals surface area contributed by atoms with Gasteiger partial charge < -0.3 is 10.6 Å². The van der Waals surface area contributed by atoms with Crippen LogP contribution in [0, 0.1) is 0 Å². The molecule has 2 N–H and O–H groups in total. The van der Waals surface area contributed by atoms with Gasteiger partial charge in [0.1, 0.15) is 11.3 Å². The molecular formula is C32H31N7O. The monoisotopic (exact) mass is 529 g/mol. The number of carbonyl (C=O) groups excluding carboxylic acids is 1. The molecule has 200 valence electrons. The number of imidazole rings is 1. The molecule has 0 saturated carbocycles. The van der Waals surface area contributed by atoms with Crippen molar-refractivity contribution in [3.05, 3.63) is 103 Å². The second-order valence-corrected chi connectivity index (χ2v) is 10.1. The van der Waals surface area contributed by atoms with Crippen molar-refractivity contribution in [2.75, 3.05) is 25.4 Å². The number of pyridine rings is 2. The summed E-state index contributed by atoms with van der Waals surface area (Å²) in [5.74, 6) is 1.11. The fourth-order valence-corrected chi connectivity index (χ4v) is 5.39. The van der Waals surface area contributed by atoms with Crippen LogP contribution < -0.4 is 5.73 Å². The van der Waals surface area contributed by atoms with Crippen LogP contribution in [0.3, 0.4) is 0 Å². The van der Waals surface area contributed by atoms with E-state index in [2.05, 4.69) is 64.4 Å². The molecule has 1 aliphatic rings. The number of piperazine rings is 1. The van der Waals surface area contributed by atoms with Gasteiger partial charge >= 0.3 is 0 Å². The molecule has 2 aromatic carbocycles. The number of fused-ring (bicyclic) bond motifs is 1. The average Bonchev–Trinajstić information content (AvgIpc) is 3.36. The van der Waals surface area contributed by atoms with E-state index < -0.39 is 0 Å². The van der Waals surface area contributed by atoms with E-state index in [-0.39, 0.29) is 11.9 Å². The number of benzene rings is 2. The number of rotatable bonds is 6. The average molecular weight is 530 g/mol. The third kappa shape index (κ3) is 4.85. The predicted octanol–water partition coefficient (Wildman–Crippen LogP) is 4.95. The SMILES string of the molecule is C=CC(=O)N1CCN(Cc2ccc(-n3c(-c4cccnc4N)nc4ccc(-c5ccccc5)nc43)cc2)C[C@@H]1C. The van der Waals surface area contributed by atoms with E-state index in [1.54, 1.807) is 6.20 Å². The summed E-state index contributed by atoms with van der Waals surface area (Å²) < 4.78 is 2.06. The number of nitrogens with zero attached hydrogens (tertiary/aromatic N) is 6. The van der Waals surface area contributed by atoms with Gasteiger partial charge in [-0.15, -0.1) is 0 Å². The number of nitrogen functional groups attached to an aromatic ring is 1. The molecule has 0 radical (unpaired) electrons. The maximum Gasteiger partial charge on any atom is 0.246 e. The largest absolute Gasteiger partial charge is 0.383 e. The van der Waals surface area contributed by atoms with Gasteiger partial charge in [0.25, 0.3) is 0 Å². The molecule has 1 saturated heterocycles. The first-order valence-electron chi connectivity index (χ1n) is 13.4. The van der Waals surface area contributed by atoms with E-state index in [1.807, 2.05) is 47.4 Å². The lowest BCUT2D eigenvalue weighted by Crippen LogP contribution is -2.53. The quantitative estimate of drug-likeness (QED) is 0.313. The van der Waals surface area contributed by atoms with Gasteiger partial charge in [0, 0.05) is 49.7 Å². The van der Waals surface area contributed by atoms with Crippen molar-refractivity contribution in [3.63, 3.8) is 0 Å². The Morgan fingerprint density at radius 1 is 1.00 bits per heavy atom. The summed E-state index contributed by atoms with van der Waals surface area (Å²) in [6, 6.07) is 26.6.